The summed E-state index contributed by atoms with van der Waals surface area (Å²) in [7, 11) is 1.33. The maximum absolute atomic E-state index is 13.8. The number of phenolic OH excluding ortho intramolecular Hbond substituents is 4. The van der Waals surface area contributed by atoms with Crippen LogP contribution in [0, 0.1) is 0 Å². The number of aromatic hydroxyl groups is 4. The van der Waals surface area contributed by atoms with Crippen LogP contribution in [0.2, 0.25) is 0 Å². The molecule has 4 aromatic rings. The second-order valence-electron chi connectivity index (χ2n) is 12.8. The quantitative estimate of drug-likeness (QED) is 0.0680. The van der Waals surface area contributed by atoms with Crippen molar-refractivity contribution in [3.63, 3.8) is 0 Å². The second kappa shape index (κ2) is 16.7. The fourth-order valence-corrected chi connectivity index (χ4v) is 6.09. The first-order valence-electron chi connectivity index (χ1n) is 16.9. The van der Waals surface area contributed by atoms with E-state index in [0.717, 1.165) is 18.2 Å². The van der Waals surface area contributed by atoms with Gasteiger partial charge in [0.15, 0.2) is 29.7 Å². The van der Waals surface area contributed by atoms with Crippen molar-refractivity contribution in [3.05, 3.63) is 76.5 Å². The Labute approximate surface area is 315 Å². The first kappa shape index (κ1) is 40.2. The molecule has 1 aromatic heterocycles. The van der Waals surface area contributed by atoms with E-state index in [1.54, 1.807) is 0 Å². The molecule has 0 radical (unpaired) electrons. The van der Waals surface area contributed by atoms with Gasteiger partial charge in [0.1, 0.15) is 70.9 Å². The van der Waals surface area contributed by atoms with Gasteiger partial charge in [-0.25, -0.2) is 4.79 Å². The van der Waals surface area contributed by atoms with E-state index in [0.29, 0.717) is 5.56 Å². The minimum absolute atomic E-state index is 0.125. The lowest BCUT2D eigenvalue weighted by Gasteiger charge is -2.43. The van der Waals surface area contributed by atoms with Gasteiger partial charge in [-0.2, -0.15) is 0 Å². The molecule has 2 fully saturated rings. The van der Waals surface area contributed by atoms with Crippen molar-refractivity contribution >= 4 is 23.0 Å². The van der Waals surface area contributed by atoms with Crippen molar-refractivity contribution in [2.24, 2.45) is 0 Å². The molecule has 0 saturated carbocycles. The minimum atomic E-state index is -2.02. The Kier molecular flexibility index (Phi) is 12.0. The molecule has 2 saturated heterocycles. The molecule has 56 heavy (non-hydrogen) atoms. The van der Waals surface area contributed by atoms with Gasteiger partial charge in [0.05, 0.1) is 20.3 Å². The summed E-state index contributed by atoms with van der Waals surface area (Å²) in [5, 5.41) is 103. The molecule has 0 bridgehead atoms. The Morgan fingerprint density at radius 2 is 1.48 bits per heavy atom. The van der Waals surface area contributed by atoms with Gasteiger partial charge in [0.2, 0.25) is 17.5 Å². The van der Waals surface area contributed by atoms with E-state index in [2.05, 4.69) is 0 Å². The van der Waals surface area contributed by atoms with Crippen LogP contribution in [0.1, 0.15) is 5.56 Å². The molecule has 10 atom stereocenters. The van der Waals surface area contributed by atoms with Crippen LogP contribution in [0.5, 0.6) is 34.5 Å². The number of aliphatic hydroxyl groups excluding tert-OH is 6. The van der Waals surface area contributed by atoms with Crippen LogP contribution in [-0.4, -0.2) is 139 Å². The van der Waals surface area contributed by atoms with Crippen LogP contribution in [0.4, 0.5) is 0 Å². The maximum Gasteiger partial charge on any atom is 0.331 e. The summed E-state index contributed by atoms with van der Waals surface area (Å²) in [5.41, 5.74) is -0.698. The van der Waals surface area contributed by atoms with Gasteiger partial charge in [-0.05, 0) is 48.0 Å². The number of aliphatic hydroxyl groups is 6. The van der Waals surface area contributed by atoms with Crippen molar-refractivity contribution in [1.29, 1.82) is 0 Å². The summed E-state index contributed by atoms with van der Waals surface area (Å²) in [4.78, 5) is 26.6. The van der Waals surface area contributed by atoms with E-state index in [1.807, 2.05) is 0 Å². The van der Waals surface area contributed by atoms with E-state index in [4.69, 9.17) is 32.8 Å². The second-order valence-corrected chi connectivity index (χ2v) is 12.8. The van der Waals surface area contributed by atoms with Crippen LogP contribution in [0.3, 0.4) is 0 Å². The molecule has 0 unspecified atom stereocenters. The third-order valence-electron chi connectivity index (χ3n) is 9.07. The van der Waals surface area contributed by atoms with Crippen molar-refractivity contribution in [2.45, 2.75) is 61.4 Å². The molecule has 19 heteroatoms. The third kappa shape index (κ3) is 8.21. The zero-order valence-corrected chi connectivity index (χ0v) is 29.2. The number of carbonyl (C=O) groups is 1. The molecule has 3 aromatic carbocycles. The predicted octanol–water partition coefficient (Wildman–Crippen LogP) is -0.442. The zero-order valence-electron chi connectivity index (χ0n) is 29.2. The van der Waals surface area contributed by atoms with Gasteiger partial charge in [-0.3, -0.25) is 4.79 Å². The summed E-state index contributed by atoms with van der Waals surface area (Å²) in [6, 6.07) is 11.4. The van der Waals surface area contributed by atoms with Crippen LogP contribution >= 0.6 is 0 Å². The largest absolute Gasteiger partial charge is 0.508 e. The summed E-state index contributed by atoms with van der Waals surface area (Å²) in [5.74, 6) is -3.29. The maximum atomic E-state index is 13.8. The number of methoxy groups -OCH3 is 1. The highest BCUT2D eigenvalue weighted by atomic mass is 16.7. The van der Waals surface area contributed by atoms with Crippen LogP contribution in [0.25, 0.3) is 28.4 Å². The summed E-state index contributed by atoms with van der Waals surface area (Å²) in [6.07, 6.45) is -15.7. The Morgan fingerprint density at radius 3 is 2.18 bits per heavy atom. The fourth-order valence-electron chi connectivity index (χ4n) is 6.09. The van der Waals surface area contributed by atoms with Crippen molar-refractivity contribution in [3.8, 4) is 45.8 Å². The van der Waals surface area contributed by atoms with E-state index < -0.39 is 109 Å². The van der Waals surface area contributed by atoms with Gasteiger partial charge in [0.25, 0.3) is 0 Å². The standard InChI is InChI=1S/C37H38O19/c1-50-21-10-15(2-8-19(21)41)3-9-25(43)55-35-31(48)27(44)23(13-38)53-37(35)51-14-24-28(45)30(47)32(49)36(54-24)56-34-29(46)26-20(42)11-18(40)12-22(26)52-33(34)16-4-6-17(39)7-5-16/h2-12,23-24,27-28,30-32,35-42,44-45,47-49H,13-14H2,1H3/t23-,24-,27-,28-,30-,31+,32-,35-,36+,37-/m0/s1. The molecule has 19 nitrogen and oxygen atoms in total. The highest BCUT2D eigenvalue weighted by Crippen LogP contribution is 2.38. The van der Waals surface area contributed by atoms with E-state index in [1.165, 1.54) is 55.7 Å². The molecule has 2 aliphatic rings. The van der Waals surface area contributed by atoms with Crippen LogP contribution < -0.4 is 14.9 Å². The van der Waals surface area contributed by atoms with Crippen LogP contribution in [-0.2, 0) is 23.7 Å². The van der Waals surface area contributed by atoms with Gasteiger partial charge in [-0.1, -0.05) is 6.07 Å². The number of fused-ring (bicyclic) bond motifs is 1. The lowest BCUT2D eigenvalue weighted by atomic mass is 9.98. The molecular formula is C37H38O19. The average Bonchev–Trinajstić information content (AvgIpc) is 3.17. The van der Waals surface area contributed by atoms with Crippen LogP contribution in [0.15, 0.2) is 69.9 Å². The molecule has 3 heterocycles. The smallest absolute Gasteiger partial charge is 0.331 e. The molecule has 2 aliphatic heterocycles. The van der Waals surface area contributed by atoms with E-state index in [-0.39, 0.29) is 34.2 Å². The van der Waals surface area contributed by atoms with E-state index in [9.17, 15) is 60.7 Å². The molecule has 6 rings (SSSR count). The topological polar surface area (TPSA) is 305 Å². The number of benzene rings is 3. The Hall–Kier alpha value is -5.48. The van der Waals surface area contributed by atoms with Gasteiger partial charge in [0, 0.05) is 23.8 Å². The third-order valence-corrected chi connectivity index (χ3v) is 9.07. The van der Waals surface area contributed by atoms with Crippen molar-refractivity contribution in [1.82, 2.24) is 0 Å². The summed E-state index contributed by atoms with van der Waals surface area (Å²) in [6.45, 7) is -1.55. The number of rotatable bonds is 11. The lowest BCUT2D eigenvalue weighted by Crippen LogP contribution is -2.62. The fraction of sp³-hybridized carbons (Fsp3) is 0.351. The molecule has 0 spiro atoms. The normalized spacial score (nSPS) is 28.0. The van der Waals surface area contributed by atoms with Gasteiger partial charge in [-0.15, -0.1) is 0 Å². The minimum Gasteiger partial charge on any atom is -0.508 e. The lowest BCUT2D eigenvalue weighted by molar-refractivity contribution is -0.324. The molecule has 0 amide bonds. The van der Waals surface area contributed by atoms with Crippen molar-refractivity contribution in [2.75, 3.05) is 20.3 Å². The molecule has 0 aliphatic carbocycles. The summed E-state index contributed by atoms with van der Waals surface area (Å²) < 4.78 is 39.0. The van der Waals surface area contributed by atoms with Crippen molar-refractivity contribution < 1.29 is 88.7 Å². The highest BCUT2D eigenvalue weighted by molar-refractivity contribution is 5.88. The Balaban J connectivity index is 1.24. The molecule has 10 N–H and O–H groups in total. The molecule has 300 valence electrons. The first-order chi connectivity index (χ1) is 26.7. The molecular weight excluding hydrogens is 748 g/mol. The number of ether oxygens (including phenoxy) is 6. The SMILES string of the molecule is COc1cc(C=CC(=O)O[C@@H]2[C@@H](OC[C@@H]3O[C@H](Oc4c(-c5ccc(O)cc5)oc5cc(O)cc(O)c5c4=O)[C@@H](O)[C@@H](O)[C@H]3O)O[C@@H](CO)[C@H](O)[C@H]2O)ccc1O. The van der Waals surface area contributed by atoms with Gasteiger partial charge >= 0.3 is 5.97 Å². The summed E-state index contributed by atoms with van der Waals surface area (Å²) >= 11 is 0. The number of carbonyl (C=O) groups excluding carboxylic acids is 1. The number of esters is 1. The Bertz CT molecular complexity index is 2120. The number of hydrogen-bond acceptors (Lipinski definition) is 19. The number of hydrogen-bond donors (Lipinski definition) is 10. The average molecular weight is 787 g/mol. The highest BCUT2D eigenvalue weighted by Gasteiger charge is 2.50. The van der Waals surface area contributed by atoms with Gasteiger partial charge < -0.3 is 83.9 Å². The predicted molar refractivity (Wildman–Crippen MR) is 188 cm³/mol. The monoisotopic (exact) mass is 786 g/mol. The number of phenols is 4. The zero-order chi connectivity index (χ0) is 40.4. The Morgan fingerprint density at radius 1 is 0.786 bits per heavy atom. The van der Waals surface area contributed by atoms with E-state index >= 15 is 0 Å². The first-order valence-corrected chi connectivity index (χ1v) is 16.9.